The number of hydrogen-bond acceptors (Lipinski definition) is 6. The highest BCUT2D eigenvalue weighted by Crippen LogP contribution is 2.26. The van der Waals surface area contributed by atoms with E-state index in [-0.39, 0.29) is 18.0 Å². The third kappa shape index (κ3) is 3.86. The minimum Gasteiger partial charge on any atom is -0.497 e. The maximum atomic E-state index is 13.5. The molecule has 3 rings (SSSR count). The van der Waals surface area contributed by atoms with Gasteiger partial charge in [-0.15, -0.1) is 0 Å². The van der Waals surface area contributed by atoms with E-state index in [9.17, 15) is 22.9 Å². The molecule has 0 aliphatic carbocycles. The van der Waals surface area contributed by atoms with Crippen molar-refractivity contribution in [3.05, 3.63) is 58.4 Å². The minimum absolute atomic E-state index is 0.213. The lowest BCUT2D eigenvalue weighted by molar-refractivity contribution is -0.387. The van der Waals surface area contributed by atoms with Crippen molar-refractivity contribution in [3.63, 3.8) is 0 Å². The zero-order chi connectivity index (χ0) is 19.6. The Bertz CT molecular complexity index is 959. The summed E-state index contributed by atoms with van der Waals surface area (Å²) in [5.41, 5.74) is 0.0647. The fraction of sp³-hybridized carbons (Fsp3) is 0.294. The average Bonchev–Trinajstić information content (AvgIpc) is 2.68. The second-order valence-electron chi connectivity index (χ2n) is 5.96. The first kappa shape index (κ1) is 19.1. The minimum atomic E-state index is -3.94. The second-order valence-corrected chi connectivity index (χ2v) is 7.90. The molecule has 0 saturated carbocycles. The Morgan fingerprint density at radius 2 is 1.81 bits per heavy atom. The van der Waals surface area contributed by atoms with Crippen molar-refractivity contribution >= 4 is 21.4 Å². The van der Waals surface area contributed by atoms with E-state index in [0.717, 1.165) is 23.9 Å². The number of halogens is 1. The molecule has 1 aliphatic rings. The van der Waals surface area contributed by atoms with Gasteiger partial charge in [-0.1, -0.05) is 6.07 Å². The van der Waals surface area contributed by atoms with Crippen LogP contribution in [0, 0.1) is 15.9 Å². The van der Waals surface area contributed by atoms with Crippen molar-refractivity contribution in [2.75, 3.05) is 38.2 Å². The molecule has 0 amide bonds. The summed E-state index contributed by atoms with van der Waals surface area (Å²) < 4.78 is 45.5. The van der Waals surface area contributed by atoms with E-state index in [0.29, 0.717) is 18.8 Å². The lowest BCUT2D eigenvalue weighted by Crippen LogP contribution is -2.48. The van der Waals surface area contributed by atoms with E-state index >= 15 is 0 Å². The van der Waals surface area contributed by atoms with Crippen LogP contribution in [-0.4, -0.2) is 50.9 Å². The average molecular weight is 395 g/mol. The first-order valence-electron chi connectivity index (χ1n) is 8.16. The summed E-state index contributed by atoms with van der Waals surface area (Å²) in [5, 5.41) is 10.9. The number of nitro benzene ring substituents is 1. The van der Waals surface area contributed by atoms with Crippen molar-refractivity contribution in [1.29, 1.82) is 0 Å². The smallest absolute Gasteiger partial charge is 0.306 e. The molecular formula is C17H18FN3O5S. The molecule has 0 radical (unpaired) electrons. The molecule has 0 atom stereocenters. The molecule has 8 nitrogen and oxygen atoms in total. The van der Waals surface area contributed by atoms with Gasteiger partial charge in [0, 0.05) is 44.0 Å². The first-order valence-corrected chi connectivity index (χ1v) is 9.60. The van der Waals surface area contributed by atoms with Crippen LogP contribution in [0.3, 0.4) is 0 Å². The largest absolute Gasteiger partial charge is 0.497 e. The van der Waals surface area contributed by atoms with Gasteiger partial charge in [0.05, 0.1) is 16.9 Å². The van der Waals surface area contributed by atoms with E-state index in [2.05, 4.69) is 0 Å². The number of nitrogens with zero attached hydrogens (tertiary/aromatic N) is 3. The Morgan fingerprint density at radius 1 is 1.11 bits per heavy atom. The number of hydrogen-bond donors (Lipinski definition) is 0. The molecular weight excluding hydrogens is 377 g/mol. The van der Waals surface area contributed by atoms with E-state index in [4.69, 9.17) is 4.74 Å². The van der Waals surface area contributed by atoms with Crippen molar-refractivity contribution in [2.45, 2.75) is 4.90 Å². The molecule has 0 N–H and O–H groups in total. The van der Waals surface area contributed by atoms with Gasteiger partial charge in [-0.2, -0.15) is 8.70 Å². The molecule has 144 valence electrons. The number of piperazine rings is 1. The molecule has 1 aliphatic heterocycles. The lowest BCUT2D eigenvalue weighted by atomic mass is 10.2. The Hall–Kier alpha value is -2.72. The highest BCUT2D eigenvalue weighted by molar-refractivity contribution is 7.89. The zero-order valence-electron chi connectivity index (χ0n) is 14.5. The fourth-order valence-electron chi connectivity index (χ4n) is 2.94. The zero-order valence-corrected chi connectivity index (χ0v) is 15.4. The van der Waals surface area contributed by atoms with Crippen molar-refractivity contribution < 1.29 is 22.5 Å². The summed E-state index contributed by atoms with van der Waals surface area (Å²) in [6, 6.07) is 10.1. The summed E-state index contributed by atoms with van der Waals surface area (Å²) in [4.78, 5) is 11.7. The SMILES string of the molecule is COc1cccc(N2CCN(S(=O)(=O)c3ccc(F)c([N+](=O)[O-])c3)CC2)c1. The maximum Gasteiger partial charge on any atom is 0.306 e. The number of methoxy groups -OCH3 is 1. The molecule has 0 bridgehead atoms. The van der Waals surface area contributed by atoms with Crippen LogP contribution in [0.15, 0.2) is 47.4 Å². The number of ether oxygens (including phenoxy) is 1. The van der Waals surface area contributed by atoms with E-state index in [1.54, 1.807) is 7.11 Å². The number of nitro groups is 1. The van der Waals surface area contributed by atoms with E-state index < -0.39 is 26.5 Å². The maximum absolute atomic E-state index is 13.5. The highest BCUT2D eigenvalue weighted by atomic mass is 32.2. The molecule has 0 unspecified atom stereocenters. The highest BCUT2D eigenvalue weighted by Gasteiger charge is 2.30. The Kier molecular flexibility index (Phi) is 5.29. The second kappa shape index (κ2) is 7.49. The molecule has 0 aromatic heterocycles. The molecule has 27 heavy (non-hydrogen) atoms. The summed E-state index contributed by atoms with van der Waals surface area (Å²) in [5.74, 6) is -0.358. The van der Waals surface area contributed by atoms with Gasteiger partial charge in [0.25, 0.3) is 0 Å². The van der Waals surface area contributed by atoms with Crippen molar-refractivity contribution in [2.24, 2.45) is 0 Å². The Balaban J connectivity index is 1.77. The van der Waals surface area contributed by atoms with E-state index in [1.807, 2.05) is 29.2 Å². The predicted octanol–water partition coefficient (Wildman–Crippen LogP) is 2.25. The standard InChI is InChI=1S/C17H18FN3O5S/c1-26-14-4-2-3-13(11-14)19-7-9-20(10-8-19)27(24,25)15-5-6-16(18)17(12-15)21(22)23/h2-6,11-12H,7-10H2,1H3. The van der Waals surface area contributed by atoms with Gasteiger partial charge in [0.2, 0.25) is 15.8 Å². The Morgan fingerprint density at radius 3 is 2.44 bits per heavy atom. The Labute approximate surface area is 156 Å². The van der Waals surface area contributed by atoms with Gasteiger partial charge in [0.15, 0.2) is 0 Å². The molecule has 10 heteroatoms. The van der Waals surface area contributed by atoms with Gasteiger partial charge in [-0.05, 0) is 24.3 Å². The number of anilines is 1. The third-order valence-electron chi connectivity index (χ3n) is 4.41. The van der Waals surface area contributed by atoms with Crippen LogP contribution in [-0.2, 0) is 10.0 Å². The van der Waals surface area contributed by atoms with Gasteiger partial charge < -0.3 is 9.64 Å². The molecule has 0 spiro atoms. The number of rotatable bonds is 5. The summed E-state index contributed by atoms with van der Waals surface area (Å²) in [7, 11) is -2.37. The quantitative estimate of drug-likeness (QED) is 0.569. The van der Waals surface area contributed by atoms with Gasteiger partial charge in [0.1, 0.15) is 5.75 Å². The number of benzene rings is 2. The molecule has 1 heterocycles. The van der Waals surface area contributed by atoms with Crippen LogP contribution in [0.25, 0.3) is 0 Å². The van der Waals surface area contributed by atoms with Gasteiger partial charge >= 0.3 is 5.69 Å². The first-order chi connectivity index (χ1) is 12.8. The topological polar surface area (TPSA) is 93.0 Å². The van der Waals surface area contributed by atoms with Crippen LogP contribution in [0.5, 0.6) is 5.75 Å². The van der Waals surface area contributed by atoms with Crippen LogP contribution in [0.1, 0.15) is 0 Å². The normalized spacial score (nSPS) is 15.6. The van der Waals surface area contributed by atoms with Crippen LogP contribution >= 0.6 is 0 Å². The monoisotopic (exact) mass is 395 g/mol. The van der Waals surface area contributed by atoms with Crippen LogP contribution < -0.4 is 9.64 Å². The van der Waals surface area contributed by atoms with Crippen LogP contribution in [0.4, 0.5) is 15.8 Å². The predicted molar refractivity (Wildman–Crippen MR) is 97.0 cm³/mol. The third-order valence-corrected chi connectivity index (χ3v) is 6.30. The van der Waals surface area contributed by atoms with Crippen molar-refractivity contribution in [1.82, 2.24) is 4.31 Å². The summed E-state index contributed by atoms with van der Waals surface area (Å²) >= 11 is 0. The molecule has 1 saturated heterocycles. The molecule has 2 aromatic rings. The molecule has 2 aromatic carbocycles. The fourth-order valence-corrected chi connectivity index (χ4v) is 4.38. The summed E-state index contributed by atoms with van der Waals surface area (Å²) in [6.45, 7) is 1.33. The van der Waals surface area contributed by atoms with Crippen molar-refractivity contribution in [3.8, 4) is 5.75 Å². The van der Waals surface area contributed by atoms with E-state index in [1.165, 1.54) is 4.31 Å². The molecule has 1 fully saturated rings. The van der Waals surface area contributed by atoms with Crippen LogP contribution in [0.2, 0.25) is 0 Å². The summed E-state index contributed by atoms with van der Waals surface area (Å²) in [6.07, 6.45) is 0. The lowest BCUT2D eigenvalue weighted by Gasteiger charge is -2.35. The van der Waals surface area contributed by atoms with Gasteiger partial charge in [-0.25, -0.2) is 8.42 Å². The number of sulfonamides is 1. The van der Waals surface area contributed by atoms with Gasteiger partial charge in [-0.3, -0.25) is 10.1 Å².